The molecule has 0 radical (unpaired) electrons. The largest absolute Gasteiger partial charge is 0.0617 e. The van der Waals surface area contributed by atoms with Gasteiger partial charge in [-0.2, -0.15) is 0 Å². The first-order chi connectivity index (χ1) is 9.95. The Balaban J connectivity index is 1.81. The topological polar surface area (TPSA) is 0 Å². The highest BCUT2D eigenvalue weighted by molar-refractivity contribution is 5.23. The predicted molar refractivity (Wildman–Crippen MR) is 89.3 cm³/mol. The smallest absolute Gasteiger partial charge is 0.0279 e. The highest BCUT2D eigenvalue weighted by Gasteiger charge is 1.99. The molecule has 2 rings (SSSR count). The van der Waals surface area contributed by atoms with Gasteiger partial charge >= 0.3 is 0 Å². The van der Waals surface area contributed by atoms with Crippen LogP contribution in [0.2, 0.25) is 0 Å². The molecule has 0 saturated heterocycles. The molecule has 1 aliphatic carbocycles. The Kier molecular flexibility index (Phi) is 7.82. The average Bonchev–Trinajstić information content (AvgIpc) is 2.47. The number of hydrogen-bond acceptors (Lipinski definition) is 0. The maximum Gasteiger partial charge on any atom is -0.0279 e. The van der Waals surface area contributed by atoms with Gasteiger partial charge in [0, 0.05) is 0 Å². The van der Waals surface area contributed by atoms with Crippen molar-refractivity contribution in [2.24, 2.45) is 0 Å². The molecule has 0 N–H and O–H groups in total. The average molecular weight is 272 g/mol. The molecule has 0 nitrogen and oxygen atoms in total. The lowest BCUT2D eigenvalue weighted by Crippen LogP contribution is -1.90. The van der Waals surface area contributed by atoms with Gasteiger partial charge in [0.05, 0.1) is 0 Å². The monoisotopic (exact) mass is 272 g/mol. The first kappa shape index (κ1) is 15.6. The quantitative estimate of drug-likeness (QED) is 0.508. The summed E-state index contributed by atoms with van der Waals surface area (Å²) in [5.74, 6) is 0. The van der Waals surface area contributed by atoms with Crippen molar-refractivity contribution >= 4 is 0 Å². The lowest BCUT2D eigenvalue weighted by atomic mass is 10.0. The van der Waals surface area contributed by atoms with Gasteiger partial charge < -0.3 is 0 Å². The van der Waals surface area contributed by atoms with E-state index in [4.69, 9.17) is 0 Å². The molecule has 0 heterocycles. The fourth-order valence-electron chi connectivity index (χ4n) is 3.37. The van der Waals surface area contributed by atoms with Gasteiger partial charge in [0.1, 0.15) is 0 Å². The first-order valence-corrected chi connectivity index (χ1v) is 9.03. The van der Waals surface area contributed by atoms with E-state index in [1.165, 1.54) is 89.9 Å². The van der Waals surface area contributed by atoms with Gasteiger partial charge in [-0.15, -0.1) is 0 Å². The summed E-state index contributed by atoms with van der Waals surface area (Å²) in [5, 5.41) is 0. The van der Waals surface area contributed by atoms with Crippen LogP contribution >= 0.6 is 0 Å². The minimum absolute atomic E-state index is 1.29. The van der Waals surface area contributed by atoms with E-state index in [9.17, 15) is 0 Å². The van der Waals surface area contributed by atoms with Gasteiger partial charge in [-0.05, 0) is 36.8 Å². The SMILES string of the molecule is c1cc2cc(c1)CCCCCCCCCCCCCC2. The van der Waals surface area contributed by atoms with E-state index in [-0.39, 0.29) is 0 Å². The molecule has 0 aliphatic heterocycles. The molecule has 1 aromatic rings. The molecule has 2 bridgehead atoms. The summed E-state index contributed by atoms with van der Waals surface area (Å²) in [4.78, 5) is 0. The van der Waals surface area contributed by atoms with Gasteiger partial charge in [-0.3, -0.25) is 0 Å². The van der Waals surface area contributed by atoms with Crippen LogP contribution in [0.5, 0.6) is 0 Å². The Bertz CT molecular complexity index is 322. The maximum atomic E-state index is 2.46. The molecule has 20 heavy (non-hydrogen) atoms. The van der Waals surface area contributed by atoms with Crippen molar-refractivity contribution in [1.29, 1.82) is 0 Å². The third-order valence-corrected chi connectivity index (χ3v) is 4.67. The zero-order valence-electron chi connectivity index (χ0n) is 13.2. The Morgan fingerprint density at radius 1 is 0.450 bits per heavy atom. The van der Waals surface area contributed by atoms with Crippen LogP contribution in [0.4, 0.5) is 0 Å². The molecular formula is C20H32. The summed E-state index contributed by atoms with van der Waals surface area (Å²) in [7, 11) is 0. The lowest BCUT2D eigenvalue weighted by Gasteiger charge is -2.06. The van der Waals surface area contributed by atoms with Crippen LogP contribution in [-0.2, 0) is 12.8 Å². The highest BCUT2D eigenvalue weighted by atomic mass is 14.1. The van der Waals surface area contributed by atoms with Crippen LogP contribution in [0.25, 0.3) is 0 Å². The van der Waals surface area contributed by atoms with E-state index >= 15 is 0 Å². The molecule has 0 aromatic heterocycles. The van der Waals surface area contributed by atoms with Crippen molar-refractivity contribution in [2.75, 3.05) is 0 Å². The fraction of sp³-hybridized carbons (Fsp3) is 0.700. The van der Waals surface area contributed by atoms with Crippen molar-refractivity contribution in [1.82, 2.24) is 0 Å². The van der Waals surface area contributed by atoms with Crippen molar-refractivity contribution in [3.8, 4) is 0 Å². The van der Waals surface area contributed by atoms with Crippen LogP contribution in [0.15, 0.2) is 24.3 Å². The maximum absolute atomic E-state index is 2.46. The summed E-state index contributed by atoms with van der Waals surface area (Å²) in [6.07, 6.45) is 19.9. The summed E-state index contributed by atoms with van der Waals surface area (Å²) < 4.78 is 0. The van der Waals surface area contributed by atoms with Crippen LogP contribution in [0.1, 0.15) is 88.2 Å². The van der Waals surface area contributed by atoms with E-state index in [1.54, 1.807) is 11.1 Å². The number of aryl methyl sites for hydroxylation is 2. The Morgan fingerprint density at radius 2 is 0.800 bits per heavy atom. The summed E-state index contributed by atoms with van der Waals surface area (Å²) in [6.45, 7) is 0. The molecule has 1 aliphatic rings. The third kappa shape index (κ3) is 6.59. The van der Waals surface area contributed by atoms with Gasteiger partial charge in [0.15, 0.2) is 0 Å². The van der Waals surface area contributed by atoms with Crippen LogP contribution in [-0.4, -0.2) is 0 Å². The van der Waals surface area contributed by atoms with Gasteiger partial charge in [-0.1, -0.05) is 88.5 Å². The zero-order valence-corrected chi connectivity index (χ0v) is 13.2. The second-order valence-corrected chi connectivity index (χ2v) is 6.56. The molecule has 0 heteroatoms. The Hall–Kier alpha value is -0.780. The van der Waals surface area contributed by atoms with E-state index in [1.807, 2.05) is 0 Å². The van der Waals surface area contributed by atoms with Gasteiger partial charge in [0.2, 0.25) is 0 Å². The minimum atomic E-state index is 1.29. The molecule has 1 aromatic carbocycles. The fourth-order valence-corrected chi connectivity index (χ4v) is 3.37. The molecular weight excluding hydrogens is 240 g/mol. The van der Waals surface area contributed by atoms with E-state index in [0.29, 0.717) is 0 Å². The van der Waals surface area contributed by atoms with Crippen LogP contribution in [0, 0.1) is 0 Å². The Labute approximate surface area is 126 Å². The predicted octanol–water partition coefficient (Wildman–Crippen LogP) is 6.47. The number of rotatable bonds is 0. The normalized spacial score (nSPS) is 20.2. The van der Waals surface area contributed by atoms with Crippen molar-refractivity contribution < 1.29 is 0 Å². The van der Waals surface area contributed by atoms with Crippen molar-refractivity contribution in [3.63, 3.8) is 0 Å². The molecule has 0 amide bonds. The minimum Gasteiger partial charge on any atom is -0.0617 e. The van der Waals surface area contributed by atoms with Crippen LogP contribution < -0.4 is 0 Å². The molecule has 112 valence electrons. The summed E-state index contributed by atoms with van der Waals surface area (Å²) in [5.41, 5.74) is 3.12. The highest BCUT2D eigenvalue weighted by Crippen LogP contribution is 2.16. The Morgan fingerprint density at radius 3 is 1.20 bits per heavy atom. The molecule has 0 atom stereocenters. The number of hydrogen-bond donors (Lipinski definition) is 0. The lowest BCUT2D eigenvalue weighted by molar-refractivity contribution is 0.541. The molecule has 0 spiro atoms. The number of benzene rings is 1. The van der Waals surface area contributed by atoms with E-state index in [0.717, 1.165) is 0 Å². The first-order valence-electron chi connectivity index (χ1n) is 9.03. The van der Waals surface area contributed by atoms with Gasteiger partial charge in [-0.25, -0.2) is 0 Å². The second-order valence-electron chi connectivity index (χ2n) is 6.56. The van der Waals surface area contributed by atoms with E-state index in [2.05, 4.69) is 24.3 Å². The molecule has 0 fully saturated rings. The van der Waals surface area contributed by atoms with Gasteiger partial charge in [0.25, 0.3) is 0 Å². The number of fused-ring (bicyclic) bond motifs is 2. The van der Waals surface area contributed by atoms with E-state index < -0.39 is 0 Å². The third-order valence-electron chi connectivity index (χ3n) is 4.67. The standard InChI is InChI=1S/C20H32/c1-2-4-6-8-10-12-15-20-17-13-16-19(18-20)14-11-9-7-5-3-1/h13,16-18H,1-12,14-15H2. The van der Waals surface area contributed by atoms with Crippen molar-refractivity contribution in [3.05, 3.63) is 35.4 Å². The van der Waals surface area contributed by atoms with Crippen molar-refractivity contribution in [2.45, 2.75) is 89.9 Å². The summed E-state index contributed by atoms with van der Waals surface area (Å²) in [6, 6.07) is 9.35. The second kappa shape index (κ2) is 10.0. The molecule has 0 unspecified atom stereocenters. The summed E-state index contributed by atoms with van der Waals surface area (Å²) >= 11 is 0. The molecule has 0 saturated carbocycles. The van der Waals surface area contributed by atoms with Crippen LogP contribution in [0.3, 0.4) is 0 Å². The zero-order chi connectivity index (χ0) is 13.9.